The number of carbonyl (C=O) groups excluding carboxylic acids is 2. The van der Waals surface area contributed by atoms with E-state index in [1.165, 1.54) is 0 Å². The molecule has 0 bridgehead atoms. The molecule has 0 aliphatic carbocycles. The number of nitrogens with one attached hydrogen (secondary N) is 2. The molecule has 2 N–H and O–H groups in total. The molecule has 2 amide bonds. The summed E-state index contributed by atoms with van der Waals surface area (Å²) in [5, 5.41) is 8.00. The lowest BCUT2D eigenvalue weighted by molar-refractivity contribution is -0.134. The smallest absolute Gasteiger partial charge is 0.290 e. The Labute approximate surface area is 107 Å². The fraction of sp³-hybridized carbons (Fsp3) is 0.545. The first kappa shape index (κ1) is 13.4. The predicted molar refractivity (Wildman–Crippen MR) is 60.4 cm³/mol. The number of amides is 2. The molecule has 0 radical (unpaired) electrons. The van der Waals surface area contributed by atoms with Crippen molar-refractivity contribution in [2.75, 3.05) is 11.9 Å². The molecule has 1 unspecified atom stereocenters. The summed E-state index contributed by atoms with van der Waals surface area (Å²) in [5.74, 6) is -5.12. The first-order valence-corrected chi connectivity index (χ1v) is 5.81. The van der Waals surface area contributed by atoms with Crippen molar-refractivity contribution in [3.8, 4) is 0 Å². The second-order valence-corrected chi connectivity index (χ2v) is 4.44. The molecular weight excluding hydrogens is 260 g/mol. The Morgan fingerprint density at radius 2 is 2.37 bits per heavy atom. The van der Waals surface area contributed by atoms with E-state index in [4.69, 9.17) is 0 Å². The average molecular weight is 273 g/mol. The zero-order valence-corrected chi connectivity index (χ0v) is 10.2. The number of aromatic nitrogens is 1. The highest BCUT2D eigenvalue weighted by atomic mass is 19.3. The molecule has 1 saturated heterocycles. The Morgan fingerprint density at radius 3 is 2.95 bits per heavy atom. The molecule has 2 rings (SSSR count). The van der Waals surface area contributed by atoms with E-state index in [0.29, 0.717) is 26.3 Å². The van der Waals surface area contributed by atoms with E-state index in [9.17, 15) is 18.4 Å². The van der Waals surface area contributed by atoms with Crippen LogP contribution in [0.5, 0.6) is 0 Å². The molecule has 19 heavy (non-hydrogen) atoms. The Kier molecular flexibility index (Phi) is 3.50. The lowest BCUT2D eigenvalue weighted by Gasteiger charge is -2.20. The molecule has 1 aromatic rings. The quantitative estimate of drug-likeness (QED) is 0.812. The number of nitrogens with zero attached hydrogens (tertiary/aromatic N) is 1. The molecule has 1 aliphatic heterocycles. The lowest BCUT2D eigenvalue weighted by Crippen LogP contribution is -2.42. The van der Waals surface area contributed by atoms with E-state index in [2.05, 4.69) is 20.3 Å². The van der Waals surface area contributed by atoms with Gasteiger partial charge in [-0.05, 0) is 12.8 Å². The van der Waals surface area contributed by atoms with Crippen LogP contribution >= 0.6 is 0 Å². The van der Waals surface area contributed by atoms with Crippen LogP contribution in [0, 0.1) is 5.92 Å². The summed E-state index contributed by atoms with van der Waals surface area (Å²) < 4.78 is 30.4. The summed E-state index contributed by atoms with van der Waals surface area (Å²) in [6.45, 7) is 1.21. The van der Waals surface area contributed by atoms with Gasteiger partial charge in [-0.2, -0.15) is 8.78 Å². The number of halogens is 2. The van der Waals surface area contributed by atoms with Gasteiger partial charge in [-0.25, -0.2) is 0 Å². The molecule has 1 aromatic heterocycles. The fourth-order valence-electron chi connectivity index (χ4n) is 1.77. The topological polar surface area (TPSA) is 84.2 Å². The Balaban J connectivity index is 2.02. The molecule has 6 nitrogen and oxygen atoms in total. The average Bonchev–Trinajstić information content (AvgIpc) is 2.77. The standard InChI is InChI=1S/C11H13F2N3O3/c1-11(12,13)7-5-8(19-16-7)15-10(18)6-3-2-4-14-9(6)17/h5-6H,2-4H2,1H3,(H,14,17)(H,15,18). The number of piperidine rings is 1. The summed E-state index contributed by atoms with van der Waals surface area (Å²) in [6.07, 6.45) is 1.11. The number of hydrogen-bond acceptors (Lipinski definition) is 4. The summed E-state index contributed by atoms with van der Waals surface area (Å²) in [4.78, 5) is 23.2. The summed E-state index contributed by atoms with van der Waals surface area (Å²) in [7, 11) is 0. The minimum absolute atomic E-state index is 0.195. The van der Waals surface area contributed by atoms with Crippen LogP contribution in [0.15, 0.2) is 10.6 Å². The van der Waals surface area contributed by atoms with Gasteiger partial charge in [0.2, 0.25) is 17.7 Å². The van der Waals surface area contributed by atoms with Crippen molar-refractivity contribution in [1.29, 1.82) is 0 Å². The van der Waals surface area contributed by atoms with Gasteiger partial charge in [0.1, 0.15) is 5.92 Å². The van der Waals surface area contributed by atoms with Crippen LogP contribution in [0.2, 0.25) is 0 Å². The van der Waals surface area contributed by atoms with Crippen LogP contribution in [-0.4, -0.2) is 23.5 Å². The monoisotopic (exact) mass is 273 g/mol. The van der Waals surface area contributed by atoms with E-state index < -0.39 is 23.4 Å². The highest BCUT2D eigenvalue weighted by Crippen LogP contribution is 2.28. The van der Waals surface area contributed by atoms with Crippen molar-refractivity contribution in [2.45, 2.75) is 25.7 Å². The summed E-state index contributed by atoms with van der Waals surface area (Å²) >= 11 is 0. The molecule has 8 heteroatoms. The van der Waals surface area contributed by atoms with Crippen LogP contribution in [0.25, 0.3) is 0 Å². The highest BCUT2D eigenvalue weighted by molar-refractivity contribution is 6.06. The first-order valence-electron chi connectivity index (χ1n) is 5.81. The zero-order valence-electron chi connectivity index (χ0n) is 10.2. The SMILES string of the molecule is CC(F)(F)c1cc(NC(=O)C2CCCNC2=O)on1. The van der Waals surface area contributed by atoms with Crippen molar-refractivity contribution < 1.29 is 22.9 Å². The number of hydrogen-bond donors (Lipinski definition) is 2. The van der Waals surface area contributed by atoms with Crippen LogP contribution in [0.3, 0.4) is 0 Å². The number of rotatable bonds is 3. The maximum absolute atomic E-state index is 12.9. The molecule has 104 valence electrons. The van der Waals surface area contributed by atoms with E-state index in [1.807, 2.05) is 0 Å². The summed E-state index contributed by atoms with van der Waals surface area (Å²) in [6, 6.07) is 0.943. The molecule has 2 heterocycles. The molecule has 0 spiro atoms. The van der Waals surface area contributed by atoms with Gasteiger partial charge >= 0.3 is 0 Å². The lowest BCUT2D eigenvalue weighted by atomic mass is 9.98. The third kappa shape index (κ3) is 3.07. The number of carbonyl (C=O) groups is 2. The second-order valence-electron chi connectivity index (χ2n) is 4.44. The molecule has 1 fully saturated rings. The molecule has 0 saturated carbocycles. The highest BCUT2D eigenvalue weighted by Gasteiger charge is 2.32. The maximum atomic E-state index is 12.9. The minimum atomic E-state index is -3.14. The normalized spacial score (nSPS) is 19.9. The van der Waals surface area contributed by atoms with Crippen LogP contribution in [0.1, 0.15) is 25.5 Å². The third-order valence-corrected chi connectivity index (χ3v) is 2.81. The van der Waals surface area contributed by atoms with Crippen LogP contribution < -0.4 is 10.6 Å². The number of anilines is 1. The predicted octanol–water partition coefficient (Wildman–Crippen LogP) is 1.25. The first-order chi connectivity index (χ1) is 8.88. The van der Waals surface area contributed by atoms with Gasteiger partial charge in [0, 0.05) is 19.5 Å². The van der Waals surface area contributed by atoms with Gasteiger partial charge < -0.3 is 9.84 Å². The van der Waals surface area contributed by atoms with Crippen molar-refractivity contribution in [3.63, 3.8) is 0 Å². The van der Waals surface area contributed by atoms with E-state index in [-0.39, 0.29) is 11.8 Å². The molecule has 1 aliphatic rings. The van der Waals surface area contributed by atoms with Crippen LogP contribution in [0.4, 0.5) is 14.7 Å². The van der Waals surface area contributed by atoms with Gasteiger partial charge in [0.25, 0.3) is 5.92 Å². The zero-order chi connectivity index (χ0) is 14.0. The van der Waals surface area contributed by atoms with Gasteiger partial charge in [-0.15, -0.1) is 0 Å². The van der Waals surface area contributed by atoms with E-state index >= 15 is 0 Å². The number of alkyl halides is 2. The molecule has 1 atom stereocenters. The van der Waals surface area contributed by atoms with Gasteiger partial charge in [-0.1, -0.05) is 5.16 Å². The van der Waals surface area contributed by atoms with Crippen molar-refractivity contribution in [3.05, 3.63) is 11.8 Å². The molecule has 0 aromatic carbocycles. The van der Waals surface area contributed by atoms with Crippen molar-refractivity contribution in [1.82, 2.24) is 10.5 Å². The maximum Gasteiger partial charge on any atom is 0.290 e. The van der Waals surface area contributed by atoms with Crippen LogP contribution in [-0.2, 0) is 15.5 Å². The van der Waals surface area contributed by atoms with Gasteiger partial charge in [0.15, 0.2) is 5.69 Å². The van der Waals surface area contributed by atoms with Crippen molar-refractivity contribution in [2.24, 2.45) is 5.92 Å². The summed E-state index contributed by atoms with van der Waals surface area (Å²) in [5.41, 5.74) is -0.573. The largest absolute Gasteiger partial charge is 0.355 e. The Morgan fingerprint density at radius 1 is 1.63 bits per heavy atom. The second kappa shape index (κ2) is 4.94. The Hall–Kier alpha value is -1.99. The van der Waals surface area contributed by atoms with E-state index in [0.717, 1.165) is 6.07 Å². The van der Waals surface area contributed by atoms with Crippen molar-refractivity contribution >= 4 is 17.7 Å². The van der Waals surface area contributed by atoms with E-state index in [1.54, 1.807) is 0 Å². The fourth-order valence-corrected chi connectivity index (χ4v) is 1.77. The van der Waals surface area contributed by atoms with Gasteiger partial charge in [-0.3, -0.25) is 14.9 Å². The van der Waals surface area contributed by atoms with Gasteiger partial charge in [0.05, 0.1) is 0 Å². The minimum Gasteiger partial charge on any atom is -0.355 e. The molecular formula is C11H13F2N3O3. The Bertz CT molecular complexity index is 496. The third-order valence-electron chi connectivity index (χ3n) is 2.81.